The number of para-hydroxylation sites is 1. The van der Waals surface area contributed by atoms with Crippen LogP contribution in [0.1, 0.15) is 11.1 Å². The average Bonchev–Trinajstić information content (AvgIpc) is 2.76. The zero-order chi connectivity index (χ0) is 21.3. The van der Waals surface area contributed by atoms with E-state index in [2.05, 4.69) is 78.6 Å². The van der Waals surface area contributed by atoms with Gasteiger partial charge in [0, 0.05) is 12.4 Å². The molecule has 0 aliphatic heterocycles. The fourth-order valence-electron chi connectivity index (χ4n) is 3.07. The van der Waals surface area contributed by atoms with Crippen LogP contribution < -0.4 is 15.6 Å². The van der Waals surface area contributed by atoms with Gasteiger partial charge in [-0.25, -0.2) is 5.01 Å². The highest BCUT2D eigenvalue weighted by Crippen LogP contribution is 2.22. The number of rotatable bonds is 10. The second kappa shape index (κ2) is 9.94. The largest absolute Gasteiger partial charge is 0.342 e. The van der Waals surface area contributed by atoms with E-state index in [1.165, 1.54) is 11.1 Å². The lowest BCUT2D eigenvalue weighted by Crippen LogP contribution is -2.25. The first-order valence-corrected chi connectivity index (χ1v) is 9.62. The molecule has 0 unspecified atom stereocenters. The average molecular weight is 395 g/mol. The van der Waals surface area contributed by atoms with Crippen molar-refractivity contribution in [1.29, 1.82) is 0 Å². The monoisotopic (exact) mass is 394 g/mol. The van der Waals surface area contributed by atoms with Gasteiger partial charge < -0.3 is 10.6 Å². The van der Waals surface area contributed by atoms with Crippen molar-refractivity contribution in [2.45, 2.75) is 6.42 Å². The van der Waals surface area contributed by atoms with Crippen molar-refractivity contribution >= 4 is 18.1 Å². The predicted molar refractivity (Wildman–Crippen MR) is 128 cm³/mol. The van der Waals surface area contributed by atoms with Crippen molar-refractivity contribution in [3.63, 3.8) is 0 Å². The van der Waals surface area contributed by atoms with Crippen LogP contribution in [0.5, 0.6) is 0 Å². The number of anilines is 2. The fraction of sp³-hybridized carbons (Fsp3) is 0.0385. The summed E-state index contributed by atoms with van der Waals surface area (Å²) in [5.74, 6) is 0.593. The molecule has 2 N–H and O–H groups in total. The minimum Gasteiger partial charge on any atom is -0.342 e. The van der Waals surface area contributed by atoms with Gasteiger partial charge in [-0.3, -0.25) is 0 Å². The van der Waals surface area contributed by atoms with Gasteiger partial charge >= 0.3 is 0 Å². The molecule has 3 rings (SSSR count). The molecule has 3 aromatic carbocycles. The van der Waals surface area contributed by atoms with E-state index < -0.39 is 0 Å². The summed E-state index contributed by atoms with van der Waals surface area (Å²) in [6, 6.07) is 28.3. The maximum absolute atomic E-state index is 4.08. The lowest BCUT2D eigenvalue weighted by atomic mass is 10.0. The van der Waals surface area contributed by atoms with Crippen molar-refractivity contribution in [3.8, 4) is 0 Å². The van der Waals surface area contributed by atoms with Gasteiger partial charge in [0.2, 0.25) is 0 Å². The molecular formula is C26H26N4. The van der Waals surface area contributed by atoms with Gasteiger partial charge in [-0.1, -0.05) is 80.4 Å². The van der Waals surface area contributed by atoms with Crippen molar-refractivity contribution in [1.82, 2.24) is 5.32 Å². The summed E-state index contributed by atoms with van der Waals surface area (Å²) in [5.41, 5.74) is 5.44. The Balaban J connectivity index is 1.61. The highest BCUT2D eigenvalue weighted by molar-refractivity contribution is 5.57. The first-order chi connectivity index (χ1) is 14.6. The third-order valence-electron chi connectivity index (χ3n) is 4.52. The van der Waals surface area contributed by atoms with Crippen LogP contribution in [-0.2, 0) is 6.42 Å². The van der Waals surface area contributed by atoms with Crippen molar-refractivity contribution < 1.29 is 0 Å². The molecule has 0 fully saturated rings. The molecule has 0 aromatic heterocycles. The van der Waals surface area contributed by atoms with Crippen LogP contribution in [0.15, 0.2) is 127 Å². The van der Waals surface area contributed by atoms with Crippen LogP contribution in [0.3, 0.4) is 0 Å². The van der Waals surface area contributed by atoms with Crippen LogP contribution in [0.2, 0.25) is 0 Å². The van der Waals surface area contributed by atoms with E-state index in [4.69, 9.17) is 0 Å². The lowest BCUT2D eigenvalue weighted by Gasteiger charge is -2.24. The van der Waals surface area contributed by atoms with Crippen molar-refractivity contribution in [2.75, 3.05) is 10.3 Å². The molecule has 150 valence electrons. The number of hydrogen-bond donors (Lipinski definition) is 2. The molecule has 4 heteroatoms. The molecule has 0 bridgehead atoms. The molecule has 0 atom stereocenters. The minimum atomic E-state index is 0.573. The number of benzene rings is 3. The van der Waals surface area contributed by atoms with Gasteiger partial charge in [0.05, 0.1) is 17.1 Å². The molecule has 30 heavy (non-hydrogen) atoms. The van der Waals surface area contributed by atoms with E-state index in [0.29, 0.717) is 17.2 Å². The summed E-state index contributed by atoms with van der Waals surface area (Å²) in [5, 5.41) is 12.1. The minimum absolute atomic E-state index is 0.573. The number of hydrazone groups is 1. The molecule has 0 radical (unpaired) electrons. The highest BCUT2D eigenvalue weighted by atomic mass is 15.5. The van der Waals surface area contributed by atoms with Gasteiger partial charge in [-0.15, -0.1) is 0 Å². The van der Waals surface area contributed by atoms with E-state index in [-0.39, 0.29) is 0 Å². The molecule has 0 amide bonds. The second-order valence-corrected chi connectivity index (χ2v) is 6.81. The topological polar surface area (TPSA) is 39.7 Å². The summed E-state index contributed by atoms with van der Waals surface area (Å²) in [4.78, 5) is 0. The lowest BCUT2D eigenvalue weighted by molar-refractivity contribution is 0.931. The Morgan fingerprint density at radius 1 is 0.800 bits per heavy atom. The Morgan fingerprint density at radius 3 is 2.10 bits per heavy atom. The Hall–Kier alpha value is -4.05. The summed E-state index contributed by atoms with van der Waals surface area (Å²) in [7, 11) is 0. The maximum atomic E-state index is 4.08. The standard InChI is InChI=1S/C26H26N4/c1-20(21(2)30(27-4)26-16-9-6-10-17-26)28-22(3)29-25-15-11-14-24(19-25)18-23-12-7-5-8-13-23/h5-17,19,28-29H,1-4,18H2. The van der Waals surface area contributed by atoms with Gasteiger partial charge in [-0.2, -0.15) is 5.10 Å². The second-order valence-electron chi connectivity index (χ2n) is 6.81. The van der Waals surface area contributed by atoms with E-state index in [1.807, 2.05) is 48.5 Å². The molecule has 4 nitrogen and oxygen atoms in total. The summed E-state index contributed by atoms with van der Waals surface area (Å²) in [6.07, 6.45) is 0.872. The summed E-state index contributed by atoms with van der Waals surface area (Å²) < 4.78 is 0. The molecule has 0 saturated heterocycles. The van der Waals surface area contributed by atoms with Gasteiger partial charge in [0.1, 0.15) is 5.82 Å². The molecule has 0 saturated carbocycles. The van der Waals surface area contributed by atoms with Gasteiger partial charge in [0.15, 0.2) is 0 Å². The van der Waals surface area contributed by atoms with Gasteiger partial charge in [-0.05, 0) is 41.8 Å². The Kier molecular flexibility index (Phi) is 6.85. The Morgan fingerprint density at radius 2 is 1.43 bits per heavy atom. The Bertz CT molecular complexity index is 1040. The van der Waals surface area contributed by atoms with Gasteiger partial charge in [0.25, 0.3) is 0 Å². The van der Waals surface area contributed by atoms with E-state index in [9.17, 15) is 0 Å². The van der Waals surface area contributed by atoms with Crippen LogP contribution in [0.25, 0.3) is 0 Å². The zero-order valence-corrected chi connectivity index (χ0v) is 17.0. The summed E-state index contributed by atoms with van der Waals surface area (Å²) >= 11 is 0. The number of hydrogen-bond acceptors (Lipinski definition) is 4. The number of nitrogens with one attached hydrogen (secondary N) is 2. The zero-order valence-electron chi connectivity index (χ0n) is 17.0. The van der Waals surface area contributed by atoms with E-state index in [1.54, 1.807) is 5.01 Å². The highest BCUT2D eigenvalue weighted by Gasteiger charge is 2.12. The number of nitrogens with zero attached hydrogens (tertiary/aromatic N) is 2. The SMILES string of the molecule is C=NN(C(=C)C(=C)NC(=C)Nc1cccc(Cc2ccccc2)c1)c1ccccc1. The summed E-state index contributed by atoms with van der Waals surface area (Å²) in [6.45, 7) is 15.8. The molecule has 0 heterocycles. The van der Waals surface area contributed by atoms with E-state index >= 15 is 0 Å². The van der Waals surface area contributed by atoms with Crippen LogP contribution in [-0.4, -0.2) is 6.72 Å². The molecule has 0 aliphatic carbocycles. The molecule has 3 aromatic rings. The van der Waals surface area contributed by atoms with Crippen LogP contribution in [0, 0.1) is 0 Å². The third kappa shape index (κ3) is 5.49. The molecule has 0 spiro atoms. The fourth-order valence-corrected chi connectivity index (χ4v) is 3.07. The first kappa shape index (κ1) is 20.7. The first-order valence-electron chi connectivity index (χ1n) is 9.62. The quantitative estimate of drug-likeness (QED) is 0.255. The smallest absolute Gasteiger partial charge is 0.100 e. The van der Waals surface area contributed by atoms with Crippen molar-refractivity contribution in [3.05, 3.63) is 133 Å². The molecule has 0 aliphatic rings. The molecular weight excluding hydrogens is 368 g/mol. The maximum Gasteiger partial charge on any atom is 0.100 e. The predicted octanol–water partition coefficient (Wildman–Crippen LogP) is 5.90. The van der Waals surface area contributed by atoms with Crippen molar-refractivity contribution in [2.24, 2.45) is 5.10 Å². The van der Waals surface area contributed by atoms with E-state index in [0.717, 1.165) is 17.8 Å². The third-order valence-corrected chi connectivity index (χ3v) is 4.52. The van der Waals surface area contributed by atoms with Crippen LogP contribution >= 0.6 is 0 Å². The van der Waals surface area contributed by atoms with Crippen LogP contribution in [0.4, 0.5) is 11.4 Å². The normalized spacial score (nSPS) is 10.0. The Labute approximate surface area is 178 Å².